The highest BCUT2D eigenvalue weighted by Gasteiger charge is 2.24. The normalized spacial score (nSPS) is 18.4. The fourth-order valence-corrected chi connectivity index (χ4v) is 3.77. The van der Waals surface area contributed by atoms with Gasteiger partial charge in [-0.2, -0.15) is 0 Å². The molecular weight excluding hydrogens is 395 g/mol. The Morgan fingerprint density at radius 2 is 1.84 bits per heavy atom. The average molecular weight is 420 g/mol. The zero-order valence-electron chi connectivity index (χ0n) is 17.0. The van der Waals surface area contributed by atoms with Crippen LogP contribution in [0.5, 0.6) is 0 Å². The summed E-state index contributed by atoms with van der Waals surface area (Å²) < 4.78 is 14.6. The number of hydrogen-bond acceptors (Lipinski definition) is 6. The van der Waals surface area contributed by atoms with E-state index in [4.69, 9.17) is 11.5 Å². The molecule has 2 atom stereocenters. The Kier molecular flexibility index (Phi) is 6.08. The lowest BCUT2D eigenvalue weighted by Gasteiger charge is -2.30. The number of hydrogen-bond donors (Lipinski definition) is 4. The van der Waals surface area contributed by atoms with Crippen LogP contribution in [0.25, 0.3) is 11.3 Å². The van der Waals surface area contributed by atoms with E-state index in [2.05, 4.69) is 20.6 Å². The van der Waals surface area contributed by atoms with Gasteiger partial charge < -0.3 is 22.1 Å². The standard InChI is InChI=1S/C23H25FN6O/c24-17-12-16(21(26)31)22(30-23(17)29-20-9-5-4-8-18(20)25)28-15-10-11-19(27-13-15)14-6-2-1-3-7-14/h1-3,6-7,10-13,18,20H,4-5,8-9,25H2,(H2,26,31)(H2,28,29,30)/t18-,20?/m0/s1. The number of amides is 1. The van der Waals surface area contributed by atoms with Gasteiger partial charge in [0.25, 0.3) is 5.91 Å². The van der Waals surface area contributed by atoms with Crippen molar-refractivity contribution in [2.45, 2.75) is 37.8 Å². The number of nitrogens with zero attached hydrogens (tertiary/aromatic N) is 2. The molecular formula is C23H25FN6O. The Morgan fingerprint density at radius 1 is 1.06 bits per heavy atom. The van der Waals surface area contributed by atoms with E-state index in [0.29, 0.717) is 5.69 Å². The number of rotatable bonds is 6. The number of nitrogens with one attached hydrogen (secondary N) is 2. The summed E-state index contributed by atoms with van der Waals surface area (Å²) in [7, 11) is 0. The number of pyridine rings is 2. The molecule has 3 aromatic rings. The smallest absolute Gasteiger partial charge is 0.252 e. The summed E-state index contributed by atoms with van der Waals surface area (Å²) in [5.41, 5.74) is 14.0. The van der Waals surface area contributed by atoms with Gasteiger partial charge in [0.05, 0.1) is 23.1 Å². The molecule has 1 aromatic carbocycles. The van der Waals surface area contributed by atoms with Crippen molar-refractivity contribution in [2.24, 2.45) is 11.5 Å². The van der Waals surface area contributed by atoms with Crippen LogP contribution in [0.3, 0.4) is 0 Å². The van der Waals surface area contributed by atoms with Gasteiger partial charge in [0.1, 0.15) is 5.82 Å². The Balaban J connectivity index is 1.59. The number of carbonyl (C=O) groups is 1. The lowest BCUT2D eigenvalue weighted by Crippen LogP contribution is -2.43. The molecule has 0 aliphatic heterocycles. The minimum Gasteiger partial charge on any atom is -0.365 e. The summed E-state index contributed by atoms with van der Waals surface area (Å²) in [5.74, 6) is -1.21. The Bertz CT molecular complexity index is 1060. The van der Waals surface area contributed by atoms with Crippen LogP contribution in [0.4, 0.5) is 21.7 Å². The third-order valence-electron chi connectivity index (χ3n) is 5.48. The van der Waals surface area contributed by atoms with Crippen molar-refractivity contribution >= 4 is 23.2 Å². The molecule has 0 saturated heterocycles. The van der Waals surface area contributed by atoms with E-state index in [1.807, 2.05) is 42.5 Å². The fraction of sp³-hybridized carbons (Fsp3) is 0.261. The Hall–Kier alpha value is -3.52. The molecule has 1 unspecified atom stereocenters. The first kappa shape index (κ1) is 20.7. The van der Waals surface area contributed by atoms with Gasteiger partial charge in [-0.15, -0.1) is 0 Å². The number of benzene rings is 1. The van der Waals surface area contributed by atoms with Crippen LogP contribution in [-0.4, -0.2) is 28.0 Å². The van der Waals surface area contributed by atoms with E-state index < -0.39 is 11.7 Å². The van der Waals surface area contributed by atoms with Crippen molar-refractivity contribution in [3.8, 4) is 11.3 Å². The largest absolute Gasteiger partial charge is 0.365 e. The predicted molar refractivity (Wildman–Crippen MR) is 120 cm³/mol. The second-order valence-corrected chi connectivity index (χ2v) is 7.70. The van der Waals surface area contributed by atoms with Gasteiger partial charge in [-0.05, 0) is 31.0 Å². The van der Waals surface area contributed by atoms with Gasteiger partial charge in [-0.25, -0.2) is 9.37 Å². The summed E-state index contributed by atoms with van der Waals surface area (Å²) in [6.07, 6.45) is 5.44. The van der Waals surface area contributed by atoms with Crippen molar-refractivity contribution in [2.75, 3.05) is 10.6 Å². The molecule has 1 amide bonds. The number of carbonyl (C=O) groups excluding carboxylic acids is 1. The zero-order valence-corrected chi connectivity index (χ0v) is 17.0. The molecule has 8 heteroatoms. The van der Waals surface area contributed by atoms with Crippen molar-refractivity contribution in [3.63, 3.8) is 0 Å². The lowest BCUT2D eigenvalue weighted by atomic mass is 9.91. The molecule has 7 nitrogen and oxygen atoms in total. The molecule has 31 heavy (non-hydrogen) atoms. The number of nitrogens with two attached hydrogens (primary N) is 2. The first-order chi connectivity index (χ1) is 15.0. The van der Waals surface area contributed by atoms with Crippen LogP contribution < -0.4 is 22.1 Å². The second-order valence-electron chi connectivity index (χ2n) is 7.70. The van der Waals surface area contributed by atoms with Crippen LogP contribution in [0.1, 0.15) is 36.0 Å². The van der Waals surface area contributed by atoms with Gasteiger partial charge in [0.2, 0.25) is 0 Å². The van der Waals surface area contributed by atoms with E-state index in [-0.39, 0.29) is 29.3 Å². The van der Waals surface area contributed by atoms with Crippen molar-refractivity contribution < 1.29 is 9.18 Å². The number of anilines is 3. The number of primary amides is 1. The quantitative estimate of drug-likeness (QED) is 0.482. The molecule has 1 saturated carbocycles. The van der Waals surface area contributed by atoms with Crippen LogP contribution in [-0.2, 0) is 0 Å². The highest BCUT2D eigenvalue weighted by atomic mass is 19.1. The van der Waals surface area contributed by atoms with Crippen LogP contribution >= 0.6 is 0 Å². The molecule has 2 heterocycles. The van der Waals surface area contributed by atoms with Gasteiger partial charge in [0.15, 0.2) is 11.6 Å². The first-order valence-corrected chi connectivity index (χ1v) is 10.3. The molecule has 1 fully saturated rings. The Morgan fingerprint density at radius 3 is 2.52 bits per heavy atom. The number of halogens is 1. The molecule has 6 N–H and O–H groups in total. The van der Waals surface area contributed by atoms with E-state index >= 15 is 0 Å². The van der Waals surface area contributed by atoms with Crippen molar-refractivity contribution in [3.05, 3.63) is 66.1 Å². The van der Waals surface area contributed by atoms with E-state index in [0.717, 1.165) is 43.0 Å². The van der Waals surface area contributed by atoms with Crippen LogP contribution in [0, 0.1) is 5.82 Å². The number of aromatic nitrogens is 2. The molecule has 1 aliphatic rings. The molecule has 1 aliphatic carbocycles. The van der Waals surface area contributed by atoms with E-state index in [1.165, 1.54) is 0 Å². The van der Waals surface area contributed by atoms with Crippen LogP contribution in [0.2, 0.25) is 0 Å². The summed E-state index contributed by atoms with van der Waals surface area (Å²) in [6.45, 7) is 0. The topological polar surface area (TPSA) is 119 Å². The highest BCUT2D eigenvalue weighted by Crippen LogP contribution is 2.27. The highest BCUT2D eigenvalue weighted by molar-refractivity contribution is 5.98. The van der Waals surface area contributed by atoms with Gasteiger partial charge in [-0.3, -0.25) is 9.78 Å². The van der Waals surface area contributed by atoms with Gasteiger partial charge in [-0.1, -0.05) is 43.2 Å². The maximum Gasteiger partial charge on any atom is 0.252 e. The molecule has 0 radical (unpaired) electrons. The molecule has 0 bridgehead atoms. The summed E-state index contributed by atoms with van der Waals surface area (Å²) >= 11 is 0. The van der Waals surface area contributed by atoms with Gasteiger partial charge >= 0.3 is 0 Å². The maximum absolute atomic E-state index is 14.6. The fourth-order valence-electron chi connectivity index (χ4n) is 3.77. The zero-order chi connectivity index (χ0) is 21.8. The molecule has 4 rings (SSSR count). The second kappa shape index (κ2) is 9.09. The monoisotopic (exact) mass is 420 g/mol. The molecule has 160 valence electrons. The van der Waals surface area contributed by atoms with E-state index in [1.54, 1.807) is 6.20 Å². The van der Waals surface area contributed by atoms with Crippen LogP contribution in [0.15, 0.2) is 54.7 Å². The first-order valence-electron chi connectivity index (χ1n) is 10.3. The predicted octanol–water partition coefficient (Wildman–Crippen LogP) is 3.81. The molecule has 2 aromatic heterocycles. The summed E-state index contributed by atoms with van der Waals surface area (Å²) in [6, 6.07) is 14.4. The lowest BCUT2D eigenvalue weighted by molar-refractivity contribution is 0.100. The minimum absolute atomic E-state index is 0.0388. The average Bonchev–Trinajstić information content (AvgIpc) is 2.78. The third-order valence-corrected chi connectivity index (χ3v) is 5.48. The van der Waals surface area contributed by atoms with Gasteiger partial charge in [0, 0.05) is 17.6 Å². The third kappa shape index (κ3) is 4.80. The van der Waals surface area contributed by atoms with Crippen molar-refractivity contribution in [1.29, 1.82) is 0 Å². The SMILES string of the molecule is NC(=O)c1cc(F)c(NC2CCCC[C@@H]2N)nc1Nc1ccc(-c2ccccc2)nc1. The maximum atomic E-state index is 14.6. The minimum atomic E-state index is -0.774. The molecule has 0 spiro atoms. The Labute approximate surface area is 180 Å². The summed E-state index contributed by atoms with van der Waals surface area (Å²) in [5, 5.41) is 6.14. The van der Waals surface area contributed by atoms with Crippen molar-refractivity contribution in [1.82, 2.24) is 9.97 Å². The summed E-state index contributed by atoms with van der Waals surface area (Å²) in [4.78, 5) is 20.6. The van der Waals surface area contributed by atoms with E-state index in [9.17, 15) is 9.18 Å².